The van der Waals surface area contributed by atoms with E-state index >= 15 is 0 Å². The molecule has 3 atom stereocenters. The number of halogens is 3. The zero-order chi connectivity index (χ0) is 30.9. The van der Waals surface area contributed by atoms with Crippen LogP contribution >= 0.6 is 34.8 Å². The average Bonchev–Trinajstić information content (AvgIpc) is 3.89. The molecule has 2 fully saturated rings. The van der Waals surface area contributed by atoms with Gasteiger partial charge in [-0.05, 0) is 86.4 Å². The number of ether oxygens (including phenoxy) is 1. The van der Waals surface area contributed by atoms with Crippen LogP contribution in [-0.2, 0) is 6.58 Å². The van der Waals surface area contributed by atoms with Gasteiger partial charge < -0.3 is 14.4 Å². The lowest BCUT2D eigenvalue weighted by Crippen LogP contribution is -2.05. The average molecular weight is 638 g/mol. The molecule has 5 aromatic rings. The summed E-state index contributed by atoms with van der Waals surface area (Å²) < 4.78 is 22.6. The first kappa shape index (κ1) is 27.1. The molecule has 2 heterocycles. The monoisotopic (exact) mass is 636 g/mol. The number of carboxylic acids is 1. The van der Waals surface area contributed by atoms with Gasteiger partial charge >= 0.3 is 5.97 Å². The largest absolute Gasteiger partial charge is 0.489 e. The van der Waals surface area contributed by atoms with E-state index in [9.17, 15) is 9.90 Å². The molecule has 0 bridgehead atoms. The van der Waals surface area contributed by atoms with Gasteiger partial charge in [0.1, 0.15) is 23.8 Å². The van der Waals surface area contributed by atoms with Gasteiger partial charge in [0, 0.05) is 27.9 Å². The van der Waals surface area contributed by atoms with Crippen LogP contribution in [0.3, 0.4) is 0 Å². The molecule has 10 heteroatoms. The summed E-state index contributed by atoms with van der Waals surface area (Å²) in [6.07, 6.45) is 2.84. The van der Waals surface area contributed by atoms with E-state index in [1.54, 1.807) is 28.9 Å². The van der Waals surface area contributed by atoms with E-state index in [0.29, 0.717) is 48.8 Å². The molecule has 0 spiro atoms. The van der Waals surface area contributed by atoms with Crippen LogP contribution in [0.25, 0.3) is 22.2 Å². The van der Waals surface area contributed by atoms with Gasteiger partial charge in [0.2, 0.25) is 0 Å². The summed E-state index contributed by atoms with van der Waals surface area (Å²) in [7, 11) is 0. The van der Waals surface area contributed by atoms with E-state index in [1.807, 2.05) is 38.1 Å². The minimum absolute atomic E-state index is 0.0228. The second kappa shape index (κ2) is 10.9. The van der Waals surface area contributed by atoms with Crippen molar-refractivity contribution in [3.63, 3.8) is 0 Å². The van der Waals surface area contributed by atoms with Gasteiger partial charge in [0.25, 0.3) is 0 Å². The molecule has 0 amide bonds. The smallest absolute Gasteiger partial charge is 0.357 e. The second-order valence-corrected chi connectivity index (χ2v) is 12.7. The Morgan fingerprint density at radius 3 is 2.53 bits per heavy atom. The Morgan fingerprint density at radius 2 is 1.86 bits per heavy atom. The Bertz CT molecular complexity index is 1910. The van der Waals surface area contributed by atoms with Gasteiger partial charge in [-0.1, -0.05) is 64.2 Å². The highest BCUT2D eigenvalue weighted by molar-refractivity contribution is 6.39. The molecule has 7 rings (SSSR count). The van der Waals surface area contributed by atoms with E-state index in [0.717, 1.165) is 35.9 Å². The number of hydrogen-bond donors (Lipinski definition) is 1. The fourth-order valence-electron chi connectivity index (χ4n) is 5.82. The lowest BCUT2D eigenvalue weighted by Gasteiger charge is -2.11. The third kappa shape index (κ3) is 5.17. The van der Waals surface area contributed by atoms with Crippen LogP contribution in [0.15, 0.2) is 59.1 Å². The fraction of sp³-hybridized carbons (Fsp3) is 0.303. The molecule has 0 radical (unpaired) electrons. The molecule has 43 heavy (non-hydrogen) atoms. The Balaban J connectivity index is 1.13. The third-order valence-electron chi connectivity index (χ3n) is 8.23. The number of aromatic nitrogens is 3. The predicted molar refractivity (Wildman–Crippen MR) is 167 cm³/mol. The van der Waals surface area contributed by atoms with Crippen molar-refractivity contribution in [1.82, 2.24) is 14.9 Å². The molecular weight excluding hydrogens is 609 g/mol. The van der Waals surface area contributed by atoms with Gasteiger partial charge in [-0.25, -0.2) is 4.79 Å². The molecular formula is C33H28Cl3N3O4. The van der Waals surface area contributed by atoms with Crippen LogP contribution in [0.5, 0.6) is 5.75 Å². The Hall–Kier alpha value is -3.52. The number of carbonyl (C=O) groups is 1. The van der Waals surface area contributed by atoms with Crippen LogP contribution in [-0.4, -0.2) is 26.0 Å². The van der Waals surface area contributed by atoms with Gasteiger partial charge in [-0.3, -0.25) is 4.68 Å². The van der Waals surface area contributed by atoms with Crippen molar-refractivity contribution in [3.05, 3.63) is 97.8 Å². The first-order chi connectivity index (χ1) is 21.1. The van der Waals surface area contributed by atoms with Crippen molar-refractivity contribution in [2.24, 2.45) is 0 Å². The lowest BCUT2D eigenvalue weighted by molar-refractivity contribution is 0.0691. The minimum Gasteiger partial charge on any atom is -0.489 e. The fourth-order valence-corrected chi connectivity index (χ4v) is 6.71. The summed E-state index contributed by atoms with van der Waals surface area (Å²) in [6, 6.07) is 16.7. The topological polar surface area (TPSA) is 90.4 Å². The number of hydrogen-bond acceptors (Lipinski definition) is 5. The van der Waals surface area contributed by atoms with Crippen molar-refractivity contribution in [1.29, 1.82) is 0 Å². The molecule has 2 aromatic heterocycles. The molecule has 220 valence electrons. The first-order valence-corrected chi connectivity index (χ1v) is 15.3. The summed E-state index contributed by atoms with van der Waals surface area (Å²) in [4.78, 5) is 11.7. The quantitative estimate of drug-likeness (QED) is 0.173. The van der Waals surface area contributed by atoms with Crippen molar-refractivity contribution < 1.29 is 20.5 Å². The van der Waals surface area contributed by atoms with Gasteiger partial charge in [-0.2, -0.15) is 5.10 Å². The number of nitrogens with zero attached hydrogens (tertiary/aromatic N) is 3. The SMILES string of the molecule is [2H]C(Oc1ccc(C2CC2c2ccc3c(C(=O)O)nn(C(C)C)c3c2)c(Cl)c1)c1c(-c2c(Cl)cccc2Cl)noc1C1CC1. The zero-order valence-corrected chi connectivity index (χ0v) is 25.6. The van der Waals surface area contributed by atoms with E-state index in [1.165, 1.54) is 0 Å². The second-order valence-electron chi connectivity index (χ2n) is 11.5. The molecule has 0 aliphatic heterocycles. The van der Waals surface area contributed by atoms with Crippen LogP contribution in [0, 0.1) is 0 Å². The molecule has 3 aromatic carbocycles. The van der Waals surface area contributed by atoms with Gasteiger partial charge in [0.15, 0.2) is 5.69 Å². The normalized spacial score (nSPS) is 19.1. The number of fused-ring (bicyclic) bond motifs is 1. The lowest BCUT2D eigenvalue weighted by atomic mass is 10.0. The Morgan fingerprint density at radius 1 is 1.09 bits per heavy atom. The summed E-state index contributed by atoms with van der Waals surface area (Å²) in [6.45, 7) is 2.83. The molecule has 0 saturated heterocycles. The summed E-state index contributed by atoms with van der Waals surface area (Å²) in [5.74, 6) is 0.702. The highest BCUT2D eigenvalue weighted by Gasteiger charge is 2.41. The van der Waals surface area contributed by atoms with Crippen LogP contribution in [0.2, 0.25) is 15.1 Å². The maximum absolute atomic E-state index is 11.7. The van der Waals surface area contributed by atoms with Crippen LogP contribution < -0.4 is 4.74 Å². The zero-order valence-electron chi connectivity index (χ0n) is 24.4. The maximum Gasteiger partial charge on any atom is 0.357 e. The van der Waals surface area contributed by atoms with Gasteiger partial charge in [0.05, 0.1) is 22.5 Å². The van der Waals surface area contributed by atoms with Crippen molar-refractivity contribution in [3.8, 4) is 17.0 Å². The third-order valence-corrected chi connectivity index (χ3v) is 9.19. The summed E-state index contributed by atoms with van der Waals surface area (Å²) >= 11 is 19.8. The summed E-state index contributed by atoms with van der Waals surface area (Å²) in [5, 5.41) is 20.3. The maximum atomic E-state index is 11.7. The van der Waals surface area contributed by atoms with Crippen LogP contribution in [0.1, 0.15) is 91.2 Å². The number of carboxylic acid groups (broad SMARTS) is 1. The van der Waals surface area contributed by atoms with Crippen molar-refractivity contribution in [2.45, 2.75) is 63.5 Å². The van der Waals surface area contributed by atoms with Crippen molar-refractivity contribution in [2.75, 3.05) is 0 Å². The molecule has 2 saturated carbocycles. The van der Waals surface area contributed by atoms with Gasteiger partial charge in [-0.15, -0.1) is 0 Å². The highest BCUT2D eigenvalue weighted by Crippen LogP contribution is 2.57. The standard InChI is InChI=1S/C33H28Cl3N3O4/c1-16(2)39-28-12-18(8-10-21(28)31(37-39)33(40)41)22-14-23(22)20-11-9-19(13-27(20)36)42-15-24-30(38-43-32(24)17-6-7-17)29-25(34)4-3-5-26(29)35/h3-5,8-13,16-17,22-23H,6-7,14-15H2,1-2H3,(H,40,41)/i15D. The molecule has 2 aliphatic carbocycles. The molecule has 1 N–H and O–H groups in total. The molecule has 7 nitrogen and oxygen atoms in total. The molecule has 3 unspecified atom stereocenters. The van der Waals surface area contributed by atoms with E-state index in [2.05, 4.69) is 16.3 Å². The van der Waals surface area contributed by atoms with Crippen molar-refractivity contribution >= 4 is 51.7 Å². The Kier molecular flexibility index (Phi) is 6.85. The minimum atomic E-state index is -1.14. The number of benzene rings is 3. The van der Waals surface area contributed by atoms with Crippen LogP contribution in [0.4, 0.5) is 0 Å². The number of rotatable bonds is 9. The van der Waals surface area contributed by atoms with E-state index < -0.39 is 12.6 Å². The molecule has 2 aliphatic rings. The first-order valence-electron chi connectivity index (χ1n) is 14.8. The van der Waals surface area contributed by atoms with E-state index in [4.69, 9.17) is 45.4 Å². The highest BCUT2D eigenvalue weighted by atomic mass is 35.5. The predicted octanol–water partition coefficient (Wildman–Crippen LogP) is 9.66. The summed E-state index contributed by atoms with van der Waals surface area (Å²) in [5.41, 5.74) is 4.45. The van der Waals surface area contributed by atoms with E-state index in [-0.39, 0.29) is 29.5 Å². The number of aromatic carboxylic acids is 1. The Labute approximate surface area is 264 Å².